The van der Waals surface area contributed by atoms with Crippen LogP contribution in [0, 0.1) is 11.7 Å². The van der Waals surface area contributed by atoms with Crippen molar-refractivity contribution < 1.29 is 28.2 Å². The second kappa shape index (κ2) is 12.8. The number of hydrogen-bond acceptors (Lipinski definition) is 5. The van der Waals surface area contributed by atoms with Crippen molar-refractivity contribution in [3.05, 3.63) is 77.2 Å². The summed E-state index contributed by atoms with van der Waals surface area (Å²) in [6, 6.07) is 15.7. The van der Waals surface area contributed by atoms with Crippen molar-refractivity contribution >= 4 is 7.60 Å². The highest BCUT2D eigenvalue weighted by Gasteiger charge is 2.51. The van der Waals surface area contributed by atoms with Crippen molar-refractivity contribution in [2.24, 2.45) is 5.92 Å². The number of pyridine rings is 1. The third-order valence-electron chi connectivity index (χ3n) is 8.41. The molecule has 0 saturated heterocycles. The summed E-state index contributed by atoms with van der Waals surface area (Å²) in [4.78, 5) is 26.6. The van der Waals surface area contributed by atoms with E-state index >= 15 is 4.39 Å². The van der Waals surface area contributed by atoms with Crippen molar-refractivity contribution in [1.82, 2.24) is 9.88 Å². The molecule has 1 unspecified atom stereocenters. The molecule has 2 aromatic carbocycles. The number of nitrogens with zero attached hydrogens (tertiary/aromatic N) is 2. The minimum Gasteiger partial charge on any atom is -0.489 e. The largest absolute Gasteiger partial charge is 0.489 e. The van der Waals surface area contributed by atoms with E-state index in [9.17, 15) is 14.4 Å². The second-order valence-corrected chi connectivity index (χ2v) is 14.7. The SMILES string of the molecule is COc1cc(-c2ccc(COc3cccc(C(C4CC4)C(C)(C)P(=O)(O)O)c3)cc2CN(C(C)C)C(C)C)c(F)cn1. The van der Waals surface area contributed by atoms with Gasteiger partial charge in [-0.05, 0) is 94.7 Å². The highest BCUT2D eigenvalue weighted by atomic mass is 31.2. The number of methoxy groups -OCH3 is 1. The molecule has 228 valence electrons. The van der Waals surface area contributed by atoms with Crippen LogP contribution in [0.4, 0.5) is 4.39 Å². The molecule has 3 aromatic rings. The number of ether oxygens (including phenoxy) is 2. The Morgan fingerprint density at radius 3 is 2.33 bits per heavy atom. The molecule has 1 aromatic heterocycles. The van der Waals surface area contributed by atoms with Gasteiger partial charge in [-0.25, -0.2) is 9.37 Å². The standard InChI is InChI=1S/C33H44FN2O5P/c1-21(2)36(22(3)4)19-26-15-23(11-14-28(26)29-17-31(40-7)35-18-30(29)34)20-41-27-10-8-9-25(16-27)32(24-12-13-24)33(5,6)42(37,38)39/h8-11,14-18,21-22,24,32H,12-13,19-20H2,1-7H3,(H2,37,38,39). The van der Waals surface area contributed by atoms with Gasteiger partial charge >= 0.3 is 7.60 Å². The molecule has 7 nitrogen and oxygen atoms in total. The number of hydrogen-bond donors (Lipinski definition) is 2. The van der Waals surface area contributed by atoms with Crippen molar-refractivity contribution in [2.45, 2.75) is 90.7 Å². The van der Waals surface area contributed by atoms with Crippen LogP contribution in [-0.4, -0.2) is 44.0 Å². The topological polar surface area (TPSA) is 92.1 Å². The van der Waals surface area contributed by atoms with Gasteiger partial charge in [0, 0.05) is 36.2 Å². The van der Waals surface area contributed by atoms with Crippen LogP contribution in [0.1, 0.15) is 77.0 Å². The van der Waals surface area contributed by atoms with Crippen LogP contribution in [0.15, 0.2) is 54.7 Å². The normalized spacial score (nSPS) is 15.0. The summed E-state index contributed by atoms with van der Waals surface area (Å²) in [6.07, 6.45) is 3.11. The monoisotopic (exact) mass is 598 g/mol. The van der Waals surface area contributed by atoms with E-state index in [-0.39, 0.29) is 30.5 Å². The van der Waals surface area contributed by atoms with Crippen LogP contribution in [0.5, 0.6) is 11.6 Å². The summed E-state index contributed by atoms with van der Waals surface area (Å²) >= 11 is 0. The average Bonchev–Trinajstić information content (AvgIpc) is 3.75. The number of rotatable bonds is 13. The average molecular weight is 599 g/mol. The molecule has 0 radical (unpaired) electrons. The molecule has 0 bridgehead atoms. The first-order valence-electron chi connectivity index (χ1n) is 14.6. The first-order chi connectivity index (χ1) is 19.7. The third-order valence-corrected chi connectivity index (χ3v) is 10.2. The van der Waals surface area contributed by atoms with E-state index in [1.54, 1.807) is 19.9 Å². The number of benzene rings is 2. The highest BCUT2D eigenvalue weighted by Crippen LogP contribution is 2.62. The fourth-order valence-electron chi connectivity index (χ4n) is 5.86. The lowest BCUT2D eigenvalue weighted by molar-refractivity contribution is 0.166. The molecule has 1 saturated carbocycles. The van der Waals surface area contributed by atoms with E-state index in [2.05, 4.69) is 43.6 Å². The Balaban J connectivity index is 1.64. The Bertz CT molecular complexity index is 1430. The fraction of sp³-hybridized carbons (Fsp3) is 0.485. The molecule has 1 aliphatic carbocycles. The van der Waals surface area contributed by atoms with Crippen molar-refractivity contribution in [2.75, 3.05) is 7.11 Å². The van der Waals surface area contributed by atoms with Crippen molar-refractivity contribution in [3.63, 3.8) is 0 Å². The van der Waals surface area contributed by atoms with Gasteiger partial charge in [-0.15, -0.1) is 0 Å². The Morgan fingerprint density at radius 2 is 1.74 bits per heavy atom. The predicted molar refractivity (Wildman–Crippen MR) is 164 cm³/mol. The van der Waals surface area contributed by atoms with E-state index < -0.39 is 18.6 Å². The van der Waals surface area contributed by atoms with Gasteiger partial charge in [-0.1, -0.05) is 30.3 Å². The molecule has 42 heavy (non-hydrogen) atoms. The van der Waals surface area contributed by atoms with Crippen LogP contribution >= 0.6 is 7.60 Å². The molecule has 2 N–H and O–H groups in total. The summed E-state index contributed by atoms with van der Waals surface area (Å²) in [5.74, 6) is 0.553. The summed E-state index contributed by atoms with van der Waals surface area (Å²) < 4.78 is 38.9. The van der Waals surface area contributed by atoms with Gasteiger partial charge in [0.15, 0.2) is 0 Å². The molecule has 0 spiro atoms. The lowest BCUT2D eigenvalue weighted by Gasteiger charge is -2.35. The zero-order valence-corrected chi connectivity index (χ0v) is 26.6. The van der Waals surface area contributed by atoms with E-state index in [4.69, 9.17) is 9.47 Å². The second-order valence-electron chi connectivity index (χ2n) is 12.4. The summed E-state index contributed by atoms with van der Waals surface area (Å²) in [5, 5.41) is -1.18. The molecule has 9 heteroatoms. The summed E-state index contributed by atoms with van der Waals surface area (Å²) in [5.41, 5.74) is 3.99. The van der Waals surface area contributed by atoms with Crippen LogP contribution in [0.3, 0.4) is 0 Å². The van der Waals surface area contributed by atoms with Gasteiger partial charge < -0.3 is 19.3 Å². The molecule has 1 heterocycles. The Hall–Kier alpha value is -2.77. The molecule has 1 fully saturated rings. The zero-order valence-electron chi connectivity index (χ0n) is 25.7. The van der Waals surface area contributed by atoms with E-state index in [0.29, 0.717) is 23.7 Å². The van der Waals surface area contributed by atoms with Crippen LogP contribution in [0.2, 0.25) is 0 Å². The molecule has 1 atom stereocenters. The third kappa shape index (κ3) is 7.23. The first-order valence-corrected chi connectivity index (χ1v) is 16.2. The van der Waals surface area contributed by atoms with Crippen molar-refractivity contribution in [3.8, 4) is 22.8 Å². The smallest absolute Gasteiger partial charge is 0.331 e. The van der Waals surface area contributed by atoms with Gasteiger partial charge in [0.25, 0.3) is 0 Å². The van der Waals surface area contributed by atoms with E-state index in [1.807, 2.05) is 36.4 Å². The highest BCUT2D eigenvalue weighted by molar-refractivity contribution is 7.53. The number of halogens is 1. The van der Waals surface area contributed by atoms with Gasteiger partial charge in [-0.2, -0.15) is 0 Å². The van der Waals surface area contributed by atoms with Crippen LogP contribution in [-0.2, 0) is 17.7 Å². The van der Waals surface area contributed by atoms with E-state index in [0.717, 1.165) is 35.1 Å². The minimum absolute atomic E-state index is 0.245. The predicted octanol–water partition coefficient (Wildman–Crippen LogP) is 7.54. The Kier molecular flexibility index (Phi) is 9.83. The summed E-state index contributed by atoms with van der Waals surface area (Å²) in [7, 11) is -2.82. The molecular weight excluding hydrogens is 554 g/mol. The Morgan fingerprint density at radius 1 is 1.05 bits per heavy atom. The molecular formula is C33H44FN2O5P. The minimum atomic E-state index is -4.34. The lowest BCUT2D eigenvalue weighted by atomic mass is 9.83. The quantitative estimate of drug-likeness (QED) is 0.196. The van der Waals surface area contributed by atoms with Crippen LogP contribution < -0.4 is 9.47 Å². The number of aromatic nitrogens is 1. The van der Waals surface area contributed by atoms with Gasteiger partial charge in [0.1, 0.15) is 18.2 Å². The molecule has 1 aliphatic rings. The first kappa shape index (κ1) is 32.2. The van der Waals surface area contributed by atoms with Gasteiger partial charge in [-0.3, -0.25) is 9.46 Å². The van der Waals surface area contributed by atoms with Gasteiger partial charge in [0.05, 0.1) is 18.5 Å². The maximum atomic E-state index is 15.0. The lowest BCUT2D eigenvalue weighted by Crippen LogP contribution is -2.36. The molecule has 0 aliphatic heterocycles. The van der Waals surface area contributed by atoms with E-state index in [1.165, 1.54) is 13.3 Å². The van der Waals surface area contributed by atoms with Gasteiger partial charge in [0.2, 0.25) is 5.88 Å². The molecule has 0 amide bonds. The summed E-state index contributed by atoms with van der Waals surface area (Å²) in [6.45, 7) is 12.8. The van der Waals surface area contributed by atoms with Crippen molar-refractivity contribution in [1.29, 1.82) is 0 Å². The Labute approximate surface area is 249 Å². The molecule has 4 rings (SSSR count). The van der Waals surface area contributed by atoms with Crippen LogP contribution in [0.25, 0.3) is 11.1 Å². The fourth-order valence-corrected chi connectivity index (χ4v) is 6.58. The maximum absolute atomic E-state index is 15.0. The zero-order chi connectivity index (χ0) is 30.8. The maximum Gasteiger partial charge on any atom is 0.331 e.